The highest BCUT2D eigenvalue weighted by Gasteiger charge is 2.27. The zero-order chi connectivity index (χ0) is 20.5. The zero-order valence-electron chi connectivity index (χ0n) is 15.4. The molecule has 2 N–H and O–H groups in total. The van der Waals surface area contributed by atoms with E-state index >= 15 is 0 Å². The SMILES string of the molecule is CCSc1nnc2c(n1)OC(c1cc(Br)c(O)c(OC)c1)Nc1ccc(Br)cc1-2. The second-order valence-corrected chi connectivity index (χ2v) is 9.07. The van der Waals surface area contributed by atoms with Gasteiger partial charge in [-0.2, -0.15) is 4.98 Å². The third-order valence-corrected chi connectivity index (χ3v) is 6.05. The molecule has 3 aromatic rings. The number of nitrogens with zero attached hydrogens (tertiary/aromatic N) is 3. The number of halogens is 2. The van der Waals surface area contributed by atoms with Crippen molar-refractivity contribution in [3.63, 3.8) is 0 Å². The molecule has 1 atom stereocenters. The van der Waals surface area contributed by atoms with Crippen LogP contribution in [0.15, 0.2) is 44.4 Å². The number of aromatic nitrogens is 3. The quantitative estimate of drug-likeness (QED) is 0.426. The molecule has 0 saturated heterocycles. The number of aromatic hydroxyl groups is 1. The van der Waals surface area contributed by atoms with E-state index in [2.05, 4.69) is 52.4 Å². The Kier molecular flexibility index (Phi) is 5.84. The topological polar surface area (TPSA) is 89.4 Å². The number of phenols is 1. The minimum absolute atomic E-state index is 0.0280. The van der Waals surface area contributed by atoms with E-state index in [1.54, 1.807) is 12.1 Å². The molecule has 1 aliphatic heterocycles. The van der Waals surface area contributed by atoms with E-state index in [4.69, 9.17) is 9.47 Å². The first kappa shape index (κ1) is 20.2. The number of benzene rings is 2. The van der Waals surface area contributed by atoms with Crippen molar-refractivity contribution in [1.29, 1.82) is 0 Å². The van der Waals surface area contributed by atoms with Crippen molar-refractivity contribution in [2.45, 2.75) is 18.3 Å². The number of ether oxygens (including phenoxy) is 2. The maximum Gasteiger partial charge on any atom is 0.247 e. The molecule has 0 spiro atoms. The number of fused-ring (bicyclic) bond motifs is 3. The van der Waals surface area contributed by atoms with Gasteiger partial charge in [-0.3, -0.25) is 0 Å². The van der Waals surface area contributed by atoms with E-state index in [1.165, 1.54) is 18.9 Å². The summed E-state index contributed by atoms with van der Waals surface area (Å²) in [5, 5.41) is 22.7. The smallest absolute Gasteiger partial charge is 0.247 e. The minimum atomic E-state index is -0.585. The number of phenolic OH excluding ortho intramolecular Hbond substituents is 1. The minimum Gasteiger partial charge on any atom is -0.503 e. The second-order valence-electron chi connectivity index (χ2n) is 6.07. The summed E-state index contributed by atoms with van der Waals surface area (Å²) in [4.78, 5) is 4.57. The van der Waals surface area contributed by atoms with Crippen molar-refractivity contribution >= 4 is 49.3 Å². The predicted octanol–water partition coefficient (Wildman–Crippen LogP) is 5.39. The molecule has 1 aromatic heterocycles. The van der Waals surface area contributed by atoms with Gasteiger partial charge in [-0.05, 0) is 52.0 Å². The van der Waals surface area contributed by atoms with E-state index in [9.17, 15) is 5.11 Å². The van der Waals surface area contributed by atoms with Crippen molar-refractivity contribution in [2.24, 2.45) is 0 Å². The van der Waals surface area contributed by atoms with Crippen LogP contribution in [0.5, 0.6) is 17.4 Å². The molecule has 0 amide bonds. The summed E-state index contributed by atoms with van der Waals surface area (Å²) in [6.45, 7) is 2.03. The van der Waals surface area contributed by atoms with Gasteiger partial charge >= 0.3 is 0 Å². The molecule has 2 heterocycles. The number of rotatable bonds is 4. The van der Waals surface area contributed by atoms with Crippen molar-refractivity contribution in [3.8, 4) is 28.6 Å². The fourth-order valence-corrected chi connectivity index (χ4v) is 4.24. The van der Waals surface area contributed by atoms with Crippen LogP contribution in [0, 0.1) is 0 Å². The van der Waals surface area contributed by atoms with Crippen LogP contribution >= 0.6 is 43.6 Å². The maximum absolute atomic E-state index is 10.1. The molecule has 0 saturated carbocycles. The van der Waals surface area contributed by atoms with Gasteiger partial charge in [-0.25, -0.2) is 0 Å². The van der Waals surface area contributed by atoms with E-state index in [-0.39, 0.29) is 5.75 Å². The first-order valence-electron chi connectivity index (χ1n) is 8.67. The molecule has 150 valence electrons. The zero-order valence-corrected chi connectivity index (χ0v) is 19.4. The van der Waals surface area contributed by atoms with Crippen LogP contribution < -0.4 is 14.8 Å². The summed E-state index contributed by atoms with van der Waals surface area (Å²) in [6, 6.07) is 9.31. The van der Waals surface area contributed by atoms with Crippen molar-refractivity contribution in [2.75, 3.05) is 18.2 Å². The first-order chi connectivity index (χ1) is 14.0. The third kappa shape index (κ3) is 4.01. The molecule has 0 radical (unpaired) electrons. The first-order valence-corrected chi connectivity index (χ1v) is 11.2. The molecular formula is C19H16Br2N4O3S. The third-order valence-electron chi connectivity index (χ3n) is 4.23. The summed E-state index contributed by atoms with van der Waals surface area (Å²) in [5.74, 6) is 1.57. The Morgan fingerprint density at radius 2 is 2.07 bits per heavy atom. The lowest BCUT2D eigenvalue weighted by atomic mass is 10.1. The molecule has 10 heteroatoms. The Bertz CT molecular complexity index is 1080. The monoisotopic (exact) mass is 538 g/mol. The van der Waals surface area contributed by atoms with Gasteiger partial charge in [0.15, 0.2) is 23.4 Å². The summed E-state index contributed by atoms with van der Waals surface area (Å²) in [7, 11) is 1.50. The maximum atomic E-state index is 10.1. The lowest BCUT2D eigenvalue weighted by molar-refractivity contribution is 0.224. The Hall–Kier alpha value is -2.04. The molecule has 29 heavy (non-hydrogen) atoms. The van der Waals surface area contributed by atoms with E-state index in [0.717, 1.165) is 27.0 Å². The second kappa shape index (κ2) is 8.37. The van der Waals surface area contributed by atoms with Crippen molar-refractivity contribution in [1.82, 2.24) is 15.2 Å². The number of nitrogens with one attached hydrogen (secondary N) is 1. The van der Waals surface area contributed by atoms with Gasteiger partial charge in [-0.1, -0.05) is 34.6 Å². The van der Waals surface area contributed by atoms with Crippen LogP contribution in [-0.2, 0) is 0 Å². The highest BCUT2D eigenvalue weighted by Crippen LogP contribution is 2.43. The number of anilines is 1. The Morgan fingerprint density at radius 1 is 1.24 bits per heavy atom. The standard InChI is InChI=1S/C19H16Br2N4O3S/c1-3-29-19-23-18-15(24-25-19)11-8-10(20)4-5-13(11)22-17(28-18)9-6-12(21)16(26)14(7-9)27-2/h4-8,17,22,26H,3H2,1-2H3. The average molecular weight is 540 g/mol. The largest absolute Gasteiger partial charge is 0.503 e. The Balaban J connectivity index is 1.86. The summed E-state index contributed by atoms with van der Waals surface area (Å²) >= 11 is 8.37. The highest BCUT2D eigenvalue weighted by atomic mass is 79.9. The van der Waals surface area contributed by atoms with E-state index in [1.807, 2.05) is 25.1 Å². The van der Waals surface area contributed by atoms with Crippen LogP contribution in [0.25, 0.3) is 11.3 Å². The highest BCUT2D eigenvalue weighted by molar-refractivity contribution is 9.10. The van der Waals surface area contributed by atoms with Gasteiger partial charge in [0.1, 0.15) is 0 Å². The van der Waals surface area contributed by atoms with E-state index < -0.39 is 6.23 Å². The number of hydrogen-bond donors (Lipinski definition) is 2. The molecule has 0 fully saturated rings. The molecule has 1 aliphatic rings. The van der Waals surface area contributed by atoms with Crippen molar-refractivity contribution < 1.29 is 14.6 Å². The fraction of sp³-hybridized carbons (Fsp3) is 0.211. The summed E-state index contributed by atoms with van der Waals surface area (Å²) in [6.07, 6.45) is -0.585. The van der Waals surface area contributed by atoms with Gasteiger partial charge in [0, 0.05) is 21.3 Å². The van der Waals surface area contributed by atoms with Crippen LogP contribution in [-0.4, -0.2) is 33.2 Å². The summed E-state index contributed by atoms with van der Waals surface area (Å²) < 4.78 is 12.9. The van der Waals surface area contributed by atoms with Gasteiger partial charge in [-0.15, -0.1) is 10.2 Å². The van der Waals surface area contributed by atoms with Gasteiger partial charge in [0.25, 0.3) is 0 Å². The van der Waals surface area contributed by atoms with Crippen LogP contribution in [0.4, 0.5) is 5.69 Å². The summed E-state index contributed by atoms with van der Waals surface area (Å²) in [5.41, 5.74) is 2.96. The number of methoxy groups -OCH3 is 1. The van der Waals surface area contributed by atoms with Crippen LogP contribution in [0.2, 0.25) is 0 Å². The number of hydrogen-bond acceptors (Lipinski definition) is 8. The van der Waals surface area contributed by atoms with E-state index in [0.29, 0.717) is 27.0 Å². The molecule has 7 nitrogen and oxygen atoms in total. The molecular weight excluding hydrogens is 524 g/mol. The Labute approximate surface area is 188 Å². The molecule has 4 rings (SSSR count). The molecule has 1 unspecified atom stereocenters. The van der Waals surface area contributed by atoms with Gasteiger partial charge in [0.05, 0.1) is 11.6 Å². The fourth-order valence-electron chi connectivity index (χ4n) is 2.91. The van der Waals surface area contributed by atoms with Gasteiger partial charge < -0.3 is 19.9 Å². The van der Waals surface area contributed by atoms with Gasteiger partial charge in [0.2, 0.25) is 11.0 Å². The average Bonchev–Trinajstić information content (AvgIpc) is 2.86. The lowest BCUT2D eigenvalue weighted by Gasteiger charge is -2.20. The normalized spacial score (nSPS) is 14.8. The predicted molar refractivity (Wildman–Crippen MR) is 119 cm³/mol. The molecule has 0 bridgehead atoms. The van der Waals surface area contributed by atoms with Crippen LogP contribution in [0.1, 0.15) is 18.7 Å². The van der Waals surface area contributed by atoms with Crippen molar-refractivity contribution in [3.05, 3.63) is 44.8 Å². The molecule has 2 aromatic carbocycles. The molecule has 0 aliphatic carbocycles. The Morgan fingerprint density at radius 3 is 2.83 bits per heavy atom. The number of thioether (sulfide) groups is 1. The lowest BCUT2D eigenvalue weighted by Crippen LogP contribution is -2.17. The van der Waals surface area contributed by atoms with Crippen LogP contribution in [0.3, 0.4) is 0 Å².